The van der Waals surface area contributed by atoms with Crippen molar-refractivity contribution in [1.29, 1.82) is 0 Å². The number of hydrogen-bond acceptors (Lipinski definition) is 6. The lowest BCUT2D eigenvalue weighted by Gasteiger charge is -2.20. The number of aryl methyl sites for hydroxylation is 2. The molecule has 136 valence electrons. The molecule has 1 atom stereocenters. The van der Waals surface area contributed by atoms with E-state index in [0.29, 0.717) is 17.0 Å². The average Bonchev–Trinajstić information content (AvgIpc) is 3.03. The summed E-state index contributed by atoms with van der Waals surface area (Å²) >= 11 is 11.8. The fourth-order valence-electron chi connectivity index (χ4n) is 2.68. The van der Waals surface area contributed by atoms with Crippen molar-refractivity contribution >= 4 is 41.0 Å². The summed E-state index contributed by atoms with van der Waals surface area (Å²) in [6, 6.07) is 1.53. The Morgan fingerprint density at radius 2 is 1.73 bits per heavy atom. The van der Waals surface area contributed by atoms with Gasteiger partial charge in [-0.05, 0) is 32.9 Å². The molecule has 1 aromatic heterocycles. The smallest absolute Gasteiger partial charge is 0.329 e. The highest BCUT2D eigenvalue weighted by molar-refractivity contribution is 6.43. The number of ether oxygens (including phenoxy) is 1. The molecule has 0 radical (unpaired) electrons. The van der Waals surface area contributed by atoms with Crippen molar-refractivity contribution in [2.45, 2.75) is 33.4 Å². The Labute approximate surface area is 158 Å². The SMILES string of the molecule is Cc1noc(C)c1COC(=O)C(C)N1C(=O)c2cc(Cl)c(Cl)cc2C1=O. The quantitative estimate of drug-likeness (QED) is 0.581. The van der Waals surface area contributed by atoms with Gasteiger partial charge in [-0.3, -0.25) is 14.5 Å². The third-order valence-electron chi connectivity index (χ3n) is 4.23. The van der Waals surface area contributed by atoms with Gasteiger partial charge < -0.3 is 9.26 Å². The van der Waals surface area contributed by atoms with Gasteiger partial charge in [0.25, 0.3) is 11.8 Å². The van der Waals surface area contributed by atoms with E-state index >= 15 is 0 Å². The first kappa shape index (κ1) is 18.4. The molecule has 1 aromatic carbocycles. The molecule has 0 saturated carbocycles. The van der Waals surface area contributed by atoms with Crippen LogP contribution in [-0.2, 0) is 16.1 Å². The van der Waals surface area contributed by atoms with Gasteiger partial charge in [0.15, 0.2) is 0 Å². The van der Waals surface area contributed by atoms with E-state index in [1.807, 2.05) is 0 Å². The average molecular weight is 397 g/mol. The summed E-state index contributed by atoms with van der Waals surface area (Å²) in [5.41, 5.74) is 1.46. The van der Waals surface area contributed by atoms with E-state index < -0.39 is 23.8 Å². The molecule has 2 amide bonds. The van der Waals surface area contributed by atoms with Crippen LogP contribution in [0.2, 0.25) is 10.0 Å². The van der Waals surface area contributed by atoms with Gasteiger partial charge in [-0.1, -0.05) is 28.4 Å². The van der Waals surface area contributed by atoms with Gasteiger partial charge in [-0.15, -0.1) is 0 Å². The Kier molecular flexibility index (Phi) is 4.77. The van der Waals surface area contributed by atoms with Gasteiger partial charge >= 0.3 is 5.97 Å². The lowest BCUT2D eigenvalue weighted by Crippen LogP contribution is -2.43. The number of imide groups is 1. The van der Waals surface area contributed by atoms with Crippen LogP contribution >= 0.6 is 23.2 Å². The zero-order valence-corrected chi connectivity index (χ0v) is 15.6. The molecule has 1 unspecified atom stereocenters. The van der Waals surface area contributed by atoms with E-state index in [1.165, 1.54) is 19.1 Å². The third kappa shape index (κ3) is 2.97. The maximum Gasteiger partial charge on any atom is 0.329 e. The topological polar surface area (TPSA) is 89.7 Å². The molecule has 1 aliphatic heterocycles. The number of rotatable bonds is 4. The molecule has 0 saturated heterocycles. The largest absolute Gasteiger partial charge is 0.459 e. The molecule has 0 N–H and O–H groups in total. The van der Waals surface area contributed by atoms with Crippen molar-refractivity contribution in [2.24, 2.45) is 0 Å². The molecular weight excluding hydrogens is 383 g/mol. The molecule has 2 heterocycles. The summed E-state index contributed by atoms with van der Waals surface area (Å²) in [6.45, 7) is 4.77. The van der Waals surface area contributed by atoms with Gasteiger partial charge in [0, 0.05) is 0 Å². The fourth-order valence-corrected chi connectivity index (χ4v) is 3.01. The zero-order valence-electron chi connectivity index (χ0n) is 14.1. The Balaban J connectivity index is 1.77. The molecule has 26 heavy (non-hydrogen) atoms. The van der Waals surface area contributed by atoms with Gasteiger partial charge in [0.1, 0.15) is 18.4 Å². The second-order valence-electron chi connectivity index (χ2n) is 5.88. The van der Waals surface area contributed by atoms with Crippen LogP contribution < -0.4 is 0 Å². The molecule has 1 aliphatic rings. The first-order chi connectivity index (χ1) is 12.2. The van der Waals surface area contributed by atoms with Gasteiger partial charge in [-0.25, -0.2) is 4.79 Å². The molecule has 7 nitrogen and oxygen atoms in total. The molecule has 0 fully saturated rings. The van der Waals surface area contributed by atoms with Gasteiger partial charge in [0.05, 0.1) is 32.4 Å². The second kappa shape index (κ2) is 6.74. The minimum atomic E-state index is -1.11. The van der Waals surface area contributed by atoms with E-state index in [-0.39, 0.29) is 27.8 Å². The standard InChI is InChI=1S/C17H14Cl2N2O5/c1-7-12(9(3)26-20-7)6-25-17(24)8(2)21-15(22)10-4-13(18)14(19)5-11(10)16(21)23/h4-5,8H,6H2,1-3H3. The minimum absolute atomic E-state index is 0.0643. The van der Waals surface area contributed by atoms with Crippen LogP contribution in [0, 0.1) is 13.8 Å². The Hall–Kier alpha value is -2.38. The number of carbonyl (C=O) groups is 3. The Bertz CT molecular complexity index is 877. The summed E-state index contributed by atoms with van der Waals surface area (Å²) < 4.78 is 10.2. The van der Waals surface area contributed by atoms with E-state index in [4.69, 9.17) is 32.5 Å². The lowest BCUT2D eigenvalue weighted by molar-refractivity contribution is -0.149. The maximum absolute atomic E-state index is 12.5. The Morgan fingerprint density at radius 1 is 1.19 bits per heavy atom. The number of aromatic nitrogens is 1. The van der Waals surface area contributed by atoms with Crippen LogP contribution in [0.4, 0.5) is 0 Å². The van der Waals surface area contributed by atoms with Crippen molar-refractivity contribution < 1.29 is 23.6 Å². The third-order valence-corrected chi connectivity index (χ3v) is 4.95. The predicted molar refractivity (Wildman–Crippen MR) is 92.2 cm³/mol. The van der Waals surface area contributed by atoms with Gasteiger partial charge in [0.2, 0.25) is 0 Å². The first-order valence-electron chi connectivity index (χ1n) is 7.67. The second-order valence-corrected chi connectivity index (χ2v) is 6.69. The van der Waals surface area contributed by atoms with E-state index in [0.717, 1.165) is 4.90 Å². The number of fused-ring (bicyclic) bond motifs is 1. The number of nitrogens with zero attached hydrogens (tertiary/aromatic N) is 2. The lowest BCUT2D eigenvalue weighted by atomic mass is 10.1. The monoisotopic (exact) mass is 396 g/mol. The highest BCUT2D eigenvalue weighted by Crippen LogP contribution is 2.32. The van der Waals surface area contributed by atoms with Crippen LogP contribution in [0.1, 0.15) is 44.7 Å². The first-order valence-corrected chi connectivity index (χ1v) is 8.43. The van der Waals surface area contributed by atoms with Crippen molar-refractivity contribution in [3.8, 4) is 0 Å². The summed E-state index contributed by atoms with van der Waals surface area (Å²) in [5, 5.41) is 4.08. The summed E-state index contributed by atoms with van der Waals surface area (Å²) in [7, 11) is 0. The predicted octanol–water partition coefficient (Wildman–Crippen LogP) is 3.33. The van der Waals surface area contributed by atoms with Crippen LogP contribution in [0.25, 0.3) is 0 Å². The molecule has 0 spiro atoms. The summed E-state index contributed by atoms with van der Waals surface area (Å²) in [4.78, 5) is 38.2. The molecule has 2 aromatic rings. The zero-order chi connectivity index (χ0) is 19.2. The number of benzene rings is 1. The maximum atomic E-state index is 12.5. The number of hydrogen-bond donors (Lipinski definition) is 0. The Morgan fingerprint density at radius 3 is 2.19 bits per heavy atom. The van der Waals surface area contributed by atoms with Crippen molar-refractivity contribution in [2.75, 3.05) is 0 Å². The number of halogens is 2. The van der Waals surface area contributed by atoms with Crippen molar-refractivity contribution in [3.63, 3.8) is 0 Å². The van der Waals surface area contributed by atoms with Crippen LogP contribution in [0.5, 0.6) is 0 Å². The molecular formula is C17H14Cl2N2O5. The van der Waals surface area contributed by atoms with Gasteiger partial charge in [-0.2, -0.15) is 0 Å². The molecule has 0 aliphatic carbocycles. The molecule has 0 bridgehead atoms. The number of carbonyl (C=O) groups excluding carboxylic acids is 3. The summed E-state index contributed by atoms with van der Waals surface area (Å²) in [6.07, 6.45) is 0. The van der Waals surface area contributed by atoms with E-state index in [2.05, 4.69) is 5.16 Å². The van der Waals surface area contributed by atoms with Crippen LogP contribution in [0.3, 0.4) is 0 Å². The number of esters is 1. The number of amides is 2. The van der Waals surface area contributed by atoms with Crippen LogP contribution in [0.15, 0.2) is 16.7 Å². The highest BCUT2D eigenvalue weighted by atomic mass is 35.5. The molecule has 3 rings (SSSR count). The van der Waals surface area contributed by atoms with Crippen molar-refractivity contribution in [3.05, 3.63) is 50.3 Å². The van der Waals surface area contributed by atoms with E-state index in [9.17, 15) is 14.4 Å². The minimum Gasteiger partial charge on any atom is -0.459 e. The normalized spacial score (nSPS) is 14.6. The van der Waals surface area contributed by atoms with Crippen LogP contribution in [-0.4, -0.2) is 33.9 Å². The van der Waals surface area contributed by atoms with E-state index in [1.54, 1.807) is 13.8 Å². The fraction of sp³-hybridized carbons (Fsp3) is 0.294. The highest BCUT2D eigenvalue weighted by Gasteiger charge is 2.42. The molecule has 9 heteroatoms. The summed E-state index contributed by atoms with van der Waals surface area (Å²) in [5.74, 6) is -1.43. The van der Waals surface area contributed by atoms with Crippen molar-refractivity contribution in [1.82, 2.24) is 10.1 Å².